The molecule has 0 saturated carbocycles. The second kappa shape index (κ2) is 5.66. The molecule has 19 heavy (non-hydrogen) atoms. The first-order valence-corrected chi connectivity index (χ1v) is 7.34. The Hall–Kier alpha value is -0.820. The van der Waals surface area contributed by atoms with Gasteiger partial charge in [-0.2, -0.15) is 0 Å². The van der Waals surface area contributed by atoms with Crippen LogP contribution in [0.3, 0.4) is 0 Å². The van der Waals surface area contributed by atoms with Crippen LogP contribution in [0, 0.1) is 40.0 Å². The van der Waals surface area contributed by atoms with Crippen LogP contribution in [0.2, 0.25) is 0 Å². The predicted molar refractivity (Wildman–Crippen MR) is 86.0 cm³/mol. The van der Waals surface area contributed by atoms with Crippen molar-refractivity contribution in [3.8, 4) is 0 Å². The van der Waals surface area contributed by atoms with Gasteiger partial charge in [0.05, 0.1) is 0 Å². The van der Waals surface area contributed by atoms with Crippen molar-refractivity contribution in [1.82, 2.24) is 5.32 Å². The first-order valence-electron chi connectivity index (χ1n) is 7.34. The summed E-state index contributed by atoms with van der Waals surface area (Å²) in [5.41, 5.74) is 9.12. The second-order valence-electron chi connectivity index (χ2n) is 7.14. The molecule has 0 saturated heterocycles. The summed E-state index contributed by atoms with van der Waals surface area (Å²) in [5.74, 6) is 0. The molecular weight excluding hydrogens is 230 g/mol. The van der Waals surface area contributed by atoms with Gasteiger partial charge >= 0.3 is 0 Å². The zero-order valence-electron chi connectivity index (χ0n) is 14.3. The molecule has 0 aromatic heterocycles. The summed E-state index contributed by atoms with van der Waals surface area (Å²) in [6, 6.07) is 0.443. The highest BCUT2D eigenvalue weighted by Crippen LogP contribution is 2.36. The van der Waals surface area contributed by atoms with Crippen molar-refractivity contribution >= 4 is 0 Å². The molecule has 1 heteroatoms. The van der Waals surface area contributed by atoms with Crippen LogP contribution in [0.1, 0.15) is 66.6 Å². The lowest BCUT2D eigenvalue weighted by Gasteiger charge is -2.30. The molecule has 0 radical (unpaired) electrons. The fraction of sp³-hybridized carbons (Fsp3) is 0.667. The van der Waals surface area contributed by atoms with E-state index >= 15 is 0 Å². The molecule has 0 heterocycles. The minimum Gasteiger partial charge on any atom is -0.313 e. The molecule has 0 fully saturated rings. The molecule has 0 aliphatic rings. The fourth-order valence-corrected chi connectivity index (χ4v) is 3.01. The number of benzene rings is 1. The second-order valence-corrected chi connectivity index (χ2v) is 7.14. The van der Waals surface area contributed by atoms with Crippen LogP contribution in [0.4, 0.5) is 0 Å². The van der Waals surface area contributed by atoms with Crippen LogP contribution in [0.15, 0.2) is 0 Å². The van der Waals surface area contributed by atoms with Crippen LogP contribution in [0.25, 0.3) is 0 Å². The third kappa shape index (κ3) is 3.39. The van der Waals surface area contributed by atoms with E-state index in [0.29, 0.717) is 11.5 Å². The summed E-state index contributed by atoms with van der Waals surface area (Å²) in [6.07, 6.45) is 1.16. The van der Waals surface area contributed by atoms with Crippen molar-refractivity contribution in [2.24, 2.45) is 5.41 Å². The maximum absolute atomic E-state index is 3.53. The Morgan fingerprint density at radius 3 is 1.47 bits per heavy atom. The standard InChI is InChI=1S/C18H31N/c1-11-12(2)14(4)17(15(5)13(11)3)16(19-9)10-18(6,7)8/h16,19H,10H2,1-9H3. The lowest BCUT2D eigenvalue weighted by atomic mass is 9.80. The predicted octanol–water partition coefficient (Wildman–Crippen LogP) is 4.93. The van der Waals surface area contributed by atoms with E-state index in [9.17, 15) is 0 Å². The Labute approximate surface area is 119 Å². The van der Waals surface area contributed by atoms with Gasteiger partial charge in [-0.15, -0.1) is 0 Å². The highest BCUT2D eigenvalue weighted by molar-refractivity contribution is 5.50. The Bertz CT molecular complexity index is 435. The maximum Gasteiger partial charge on any atom is 0.0327 e. The number of hydrogen-bond acceptors (Lipinski definition) is 1. The van der Waals surface area contributed by atoms with Gasteiger partial charge in [0.2, 0.25) is 0 Å². The van der Waals surface area contributed by atoms with Crippen LogP contribution in [0.5, 0.6) is 0 Å². The molecule has 1 aromatic carbocycles. The molecule has 0 amide bonds. The van der Waals surface area contributed by atoms with Crippen molar-refractivity contribution < 1.29 is 0 Å². The van der Waals surface area contributed by atoms with Crippen LogP contribution >= 0.6 is 0 Å². The first kappa shape index (κ1) is 16.2. The Balaban J connectivity index is 3.40. The van der Waals surface area contributed by atoms with Gasteiger partial charge in [0.15, 0.2) is 0 Å². The monoisotopic (exact) mass is 261 g/mol. The smallest absolute Gasteiger partial charge is 0.0327 e. The quantitative estimate of drug-likeness (QED) is 0.814. The molecule has 1 aromatic rings. The zero-order chi connectivity index (χ0) is 15.0. The number of nitrogens with one attached hydrogen (secondary N) is 1. The van der Waals surface area contributed by atoms with Gasteiger partial charge in [-0.1, -0.05) is 20.8 Å². The van der Waals surface area contributed by atoms with Crippen molar-refractivity contribution in [1.29, 1.82) is 0 Å². The van der Waals surface area contributed by atoms with Crippen LogP contribution in [-0.4, -0.2) is 7.05 Å². The molecule has 0 aliphatic carbocycles. The van der Waals surface area contributed by atoms with E-state index in [4.69, 9.17) is 0 Å². The molecule has 1 atom stereocenters. The summed E-state index contributed by atoms with van der Waals surface area (Å²) in [7, 11) is 2.08. The van der Waals surface area contributed by atoms with E-state index in [0.717, 1.165) is 6.42 Å². The largest absolute Gasteiger partial charge is 0.313 e. The number of rotatable bonds is 3. The Morgan fingerprint density at radius 2 is 1.16 bits per heavy atom. The van der Waals surface area contributed by atoms with E-state index in [2.05, 4.69) is 67.8 Å². The van der Waals surface area contributed by atoms with Gasteiger partial charge < -0.3 is 5.32 Å². The van der Waals surface area contributed by atoms with Gasteiger partial charge in [0.25, 0.3) is 0 Å². The van der Waals surface area contributed by atoms with Crippen molar-refractivity contribution in [3.63, 3.8) is 0 Å². The van der Waals surface area contributed by atoms with E-state index < -0.39 is 0 Å². The van der Waals surface area contributed by atoms with E-state index in [1.54, 1.807) is 0 Å². The molecule has 1 nitrogen and oxygen atoms in total. The van der Waals surface area contributed by atoms with E-state index in [1.165, 1.54) is 33.4 Å². The van der Waals surface area contributed by atoms with Gasteiger partial charge in [0, 0.05) is 6.04 Å². The van der Waals surface area contributed by atoms with Crippen LogP contribution < -0.4 is 5.32 Å². The lowest BCUT2D eigenvalue weighted by Crippen LogP contribution is -2.25. The zero-order valence-corrected chi connectivity index (χ0v) is 14.3. The topological polar surface area (TPSA) is 12.0 Å². The molecule has 0 aliphatic heterocycles. The summed E-state index contributed by atoms with van der Waals surface area (Å²) in [4.78, 5) is 0. The molecule has 1 N–H and O–H groups in total. The maximum atomic E-state index is 3.53. The molecular formula is C18H31N. The SMILES string of the molecule is CNC(CC(C)(C)C)c1c(C)c(C)c(C)c(C)c1C. The van der Waals surface area contributed by atoms with E-state index in [1.807, 2.05) is 0 Å². The first-order chi connectivity index (χ1) is 8.60. The molecule has 1 rings (SSSR count). The highest BCUT2D eigenvalue weighted by Gasteiger charge is 2.23. The van der Waals surface area contributed by atoms with E-state index in [-0.39, 0.29) is 0 Å². The van der Waals surface area contributed by atoms with Crippen molar-refractivity contribution in [2.45, 2.75) is 67.9 Å². The summed E-state index contributed by atoms with van der Waals surface area (Å²) >= 11 is 0. The Morgan fingerprint density at radius 1 is 0.789 bits per heavy atom. The molecule has 108 valence electrons. The normalized spacial score (nSPS) is 13.7. The Kier molecular flexibility index (Phi) is 4.84. The van der Waals surface area contributed by atoms with Crippen LogP contribution in [-0.2, 0) is 0 Å². The minimum atomic E-state index is 0.333. The van der Waals surface area contributed by atoms with Gasteiger partial charge in [-0.3, -0.25) is 0 Å². The highest BCUT2D eigenvalue weighted by atomic mass is 14.9. The minimum absolute atomic E-state index is 0.333. The van der Waals surface area contributed by atoms with Gasteiger partial charge in [-0.05, 0) is 86.9 Å². The molecule has 0 bridgehead atoms. The molecule has 0 spiro atoms. The fourth-order valence-electron chi connectivity index (χ4n) is 3.01. The average Bonchev–Trinajstić information content (AvgIpc) is 2.31. The van der Waals surface area contributed by atoms with Gasteiger partial charge in [0.1, 0.15) is 0 Å². The third-order valence-corrected chi connectivity index (χ3v) is 4.57. The molecule has 1 unspecified atom stereocenters. The number of hydrogen-bond donors (Lipinski definition) is 1. The van der Waals surface area contributed by atoms with Gasteiger partial charge in [-0.25, -0.2) is 0 Å². The third-order valence-electron chi connectivity index (χ3n) is 4.57. The summed E-state index contributed by atoms with van der Waals surface area (Å²) in [5, 5.41) is 3.53. The summed E-state index contributed by atoms with van der Waals surface area (Å²) < 4.78 is 0. The lowest BCUT2D eigenvalue weighted by molar-refractivity contribution is 0.319. The summed E-state index contributed by atoms with van der Waals surface area (Å²) in [6.45, 7) is 18.2. The van der Waals surface area contributed by atoms with Crippen molar-refractivity contribution in [3.05, 3.63) is 33.4 Å². The van der Waals surface area contributed by atoms with Crippen molar-refractivity contribution in [2.75, 3.05) is 7.05 Å². The average molecular weight is 261 g/mol.